The monoisotopic (exact) mass is 374 g/mol. The quantitative estimate of drug-likeness (QED) is 0.649. The Labute approximate surface area is 121 Å². The maximum Gasteiger partial charge on any atom is 0.140 e. The van der Waals surface area contributed by atoms with Gasteiger partial charge in [-0.05, 0) is 40.9 Å². The minimum atomic E-state index is 0.493. The van der Waals surface area contributed by atoms with Gasteiger partial charge < -0.3 is 0 Å². The van der Waals surface area contributed by atoms with E-state index in [4.69, 9.17) is 11.6 Å². The average molecular weight is 376 g/mol. The lowest BCUT2D eigenvalue weighted by Gasteiger charge is -2.24. The molecule has 0 aliphatic heterocycles. The summed E-state index contributed by atoms with van der Waals surface area (Å²) in [6, 6.07) is 3.93. The van der Waals surface area contributed by atoms with Gasteiger partial charge >= 0.3 is 0 Å². The van der Waals surface area contributed by atoms with Crippen LogP contribution in [0.3, 0.4) is 0 Å². The van der Waals surface area contributed by atoms with E-state index in [-0.39, 0.29) is 0 Å². The van der Waals surface area contributed by atoms with Crippen molar-refractivity contribution in [3.8, 4) is 0 Å². The fourth-order valence-corrected chi connectivity index (χ4v) is 3.53. The maximum absolute atomic E-state index is 6.24. The number of hydrogen-bond donors (Lipinski definition) is 0. The molecule has 0 bridgehead atoms. The highest BCUT2D eigenvalue weighted by molar-refractivity contribution is 9.11. The molecule has 0 radical (unpaired) electrons. The molecule has 2 nitrogen and oxygen atoms in total. The van der Waals surface area contributed by atoms with Crippen LogP contribution in [0.4, 0.5) is 0 Å². The largest absolute Gasteiger partial charge is 0.231 e. The van der Waals surface area contributed by atoms with Crippen LogP contribution in [-0.2, 0) is 0 Å². The molecule has 3 rings (SSSR count). The predicted molar refractivity (Wildman–Crippen MR) is 76.5 cm³/mol. The van der Waals surface area contributed by atoms with Gasteiger partial charge in [-0.3, -0.25) is 0 Å². The van der Waals surface area contributed by atoms with Crippen molar-refractivity contribution in [3.63, 3.8) is 0 Å². The molecular formula is C12H9Br2ClN2. The molecular weight excluding hydrogens is 367 g/mol. The van der Waals surface area contributed by atoms with Gasteiger partial charge in [0.1, 0.15) is 11.0 Å². The molecule has 2 aromatic rings. The van der Waals surface area contributed by atoms with Gasteiger partial charge in [0, 0.05) is 20.2 Å². The minimum Gasteiger partial charge on any atom is -0.231 e. The van der Waals surface area contributed by atoms with E-state index < -0.39 is 0 Å². The number of hydrogen-bond acceptors (Lipinski definition) is 2. The first-order chi connectivity index (χ1) is 8.15. The van der Waals surface area contributed by atoms with Crippen LogP contribution in [0.2, 0.25) is 5.15 Å². The van der Waals surface area contributed by atoms with E-state index >= 15 is 0 Å². The Kier molecular flexibility index (Phi) is 3.13. The highest BCUT2D eigenvalue weighted by Gasteiger charge is 2.23. The molecule has 0 amide bonds. The van der Waals surface area contributed by atoms with Gasteiger partial charge in [-0.1, -0.05) is 34.0 Å². The molecule has 17 heavy (non-hydrogen) atoms. The van der Waals surface area contributed by atoms with Crippen LogP contribution in [0.25, 0.3) is 10.9 Å². The molecule has 0 unspecified atom stereocenters. The maximum atomic E-state index is 6.24. The van der Waals surface area contributed by atoms with E-state index in [1.807, 2.05) is 12.1 Å². The first-order valence-electron chi connectivity index (χ1n) is 5.47. The third kappa shape index (κ3) is 2.11. The fourth-order valence-electron chi connectivity index (χ4n) is 1.99. The van der Waals surface area contributed by atoms with Gasteiger partial charge in [0.05, 0.1) is 5.52 Å². The number of fused-ring (bicyclic) bond motifs is 1. The second-order valence-electron chi connectivity index (χ2n) is 4.28. The normalized spacial score (nSPS) is 16.2. The molecule has 0 saturated heterocycles. The fraction of sp³-hybridized carbons (Fsp3) is 0.333. The zero-order valence-corrected chi connectivity index (χ0v) is 12.8. The first-order valence-corrected chi connectivity index (χ1v) is 7.44. The molecule has 1 saturated carbocycles. The standard InChI is InChI=1S/C12H9Br2ClN2/c13-7-4-8-10(9(14)5-7)16-12(17-11(8)15)6-2-1-3-6/h4-6H,1-3H2. The molecule has 88 valence electrons. The van der Waals surface area contributed by atoms with E-state index in [0.29, 0.717) is 11.1 Å². The van der Waals surface area contributed by atoms with Crippen molar-refractivity contribution in [2.45, 2.75) is 25.2 Å². The van der Waals surface area contributed by atoms with Gasteiger partial charge in [-0.25, -0.2) is 9.97 Å². The molecule has 1 aromatic heterocycles. The van der Waals surface area contributed by atoms with E-state index in [1.54, 1.807) is 0 Å². The molecule has 0 N–H and O–H groups in total. The van der Waals surface area contributed by atoms with E-state index in [1.165, 1.54) is 19.3 Å². The molecule has 5 heteroatoms. The molecule has 1 aliphatic rings. The zero-order chi connectivity index (χ0) is 12.0. The molecule has 0 atom stereocenters. The summed E-state index contributed by atoms with van der Waals surface area (Å²) in [5.74, 6) is 1.38. The molecule has 1 fully saturated rings. The summed E-state index contributed by atoms with van der Waals surface area (Å²) in [6.45, 7) is 0. The van der Waals surface area contributed by atoms with Crippen molar-refractivity contribution in [2.75, 3.05) is 0 Å². The third-order valence-corrected chi connectivity index (χ3v) is 4.51. The van der Waals surface area contributed by atoms with Crippen molar-refractivity contribution in [1.29, 1.82) is 0 Å². The number of halogens is 3. The van der Waals surface area contributed by atoms with Crippen molar-refractivity contribution in [2.24, 2.45) is 0 Å². The lowest BCUT2D eigenvalue weighted by atomic mass is 9.85. The van der Waals surface area contributed by atoms with Crippen LogP contribution in [0.15, 0.2) is 21.1 Å². The smallest absolute Gasteiger partial charge is 0.140 e. The topological polar surface area (TPSA) is 25.8 Å². The second-order valence-corrected chi connectivity index (χ2v) is 6.41. The zero-order valence-electron chi connectivity index (χ0n) is 8.88. The Morgan fingerprint density at radius 1 is 1.18 bits per heavy atom. The minimum absolute atomic E-state index is 0.493. The van der Waals surface area contributed by atoms with Crippen molar-refractivity contribution in [1.82, 2.24) is 9.97 Å². The van der Waals surface area contributed by atoms with Gasteiger partial charge in [-0.15, -0.1) is 0 Å². The van der Waals surface area contributed by atoms with E-state index in [9.17, 15) is 0 Å². The summed E-state index contributed by atoms with van der Waals surface area (Å²) in [6.07, 6.45) is 3.62. The van der Waals surface area contributed by atoms with Gasteiger partial charge in [0.2, 0.25) is 0 Å². The van der Waals surface area contributed by atoms with Crippen LogP contribution < -0.4 is 0 Å². The van der Waals surface area contributed by atoms with Crippen LogP contribution in [0, 0.1) is 0 Å². The third-order valence-electron chi connectivity index (χ3n) is 3.16. The van der Waals surface area contributed by atoms with Crippen molar-refractivity contribution >= 4 is 54.4 Å². The first kappa shape index (κ1) is 11.9. The summed E-state index contributed by atoms with van der Waals surface area (Å²) in [5, 5.41) is 1.43. The predicted octanol–water partition coefficient (Wildman–Crippen LogP) is 5.08. The number of aromatic nitrogens is 2. The van der Waals surface area contributed by atoms with Crippen molar-refractivity contribution in [3.05, 3.63) is 32.1 Å². The van der Waals surface area contributed by atoms with Gasteiger partial charge in [0.25, 0.3) is 0 Å². The average Bonchev–Trinajstić information content (AvgIpc) is 2.17. The highest BCUT2D eigenvalue weighted by atomic mass is 79.9. The number of nitrogens with zero attached hydrogens (tertiary/aromatic N) is 2. The lowest BCUT2D eigenvalue weighted by molar-refractivity contribution is 0.402. The number of benzene rings is 1. The second kappa shape index (κ2) is 4.48. The summed E-state index contributed by atoms with van der Waals surface area (Å²) < 4.78 is 1.92. The lowest BCUT2D eigenvalue weighted by Crippen LogP contribution is -2.12. The Morgan fingerprint density at radius 2 is 1.94 bits per heavy atom. The summed E-state index contributed by atoms with van der Waals surface area (Å²) in [7, 11) is 0. The van der Waals surface area contributed by atoms with Crippen molar-refractivity contribution < 1.29 is 0 Å². The van der Waals surface area contributed by atoms with Crippen LogP contribution in [0.1, 0.15) is 31.0 Å². The molecule has 1 heterocycles. The Hall–Kier alpha value is -0.190. The van der Waals surface area contributed by atoms with Crippen LogP contribution in [0.5, 0.6) is 0 Å². The summed E-state index contributed by atoms with van der Waals surface area (Å²) >= 11 is 13.2. The van der Waals surface area contributed by atoms with Gasteiger partial charge in [-0.2, -0.15) is 0 Å². The van der Waals surface area contributed by atoms with Gasteiger partial charge in [0.15, 0.2) is 0 Å². The SMILES string of the molecule is Clc1nc(C2CCC2)nc2c(Br)cc(Br)cc12. The Morgan fingerprint density at radius 3 is 2.59 bits per heavy atom. The van der Waals surface area contributed by atoms with Crippen LogP contribution >= 0.6 is 43.5 Å². The highest BCUT2D eigenvalue weighted by Crippen LogP contribution is 2.37. The number of rotatable bonds is 1. The van der Waals surface area contributed by atoms with E-state index in [2.05, 4.69) is 41.8 Å². The summed E-state index contributed by atoms with van der Waals surface area (Å²) in [5.41, 5.74) is 0.898. The summed E-state index contributed by atoms with van der Waals surface area (Å²) in [4.78, 5) is 9.05. The molecule has 1 aliphatic carbocycles. The van der Waals surface area contributed by atoms with E-state index in [0.717, 1.165) is 25.7 Å². The Balaban J connectivity index is 2.24. The molecule has 1 aromatic carbocycles. The van der Waals surface area contributed by atoms with Crippen LogP contribution in [-0.4, -0.2) is 9.97 Å². The molecule has 0 spiro atoms. The Bertz CT molecular complexity index is 597.